The molecule has 4 rings (SSSR count). The first kappa shape index (κ1) is 18.5. The van der Waals surface area contributed by atoms with E-state index in [1.807, 2.05) is 26.1 Å². The van der Waals surface area contributed by atoms with Crippen LogP contribution in [0.15, 0.2) is 30.6 Å². The van der Waals surface area contributed by atoms with Crippen LogP contribution in [0, 0.1) is 31.1 Å². The first-order valence-corrected chi connectivity index (χ1v) is 9.66. The van der Waals surface area contributed by atoms with E-state index in [2.05, 4.69) is 38.3 Å². The summed E-state index contributed by atoms with van der Waals surface area (Å²) in [5.41, 5.74) is 10.6. The van der Waals surface area contributed by atoms with Crippen LogP contribution in [0.4, 0.5) is 0 Å². The topological polar surface area (TPSA) is 103 Å². The Morgan fingerprint density at radius 3 is 2.79 bits per heavy atom. The van der Waals surface area contributed by atoms with Gasteiger partial charge in [-0.1, -0.05) is 6.07 Å². The van der Waals surface area contributed by atoms with Crippen LogP contribution in [0.2, 0.25) is 0 Å². The number of pyridine rings is 2. The average molecular weight is 376 g/mol. The monoisotopic (exact) mass is 376 g/mol. The van der Waals surface area contributed by atoms with Gasteiger partial charge in [0.2, 0.25) is 0 Å². The molecule has 0 aromatic carbocycles. The van der Waals surface area contributed by atoms with Crippen LogP contribution in [0.5, 0.6) is 0 Å². The van der Waals surface area contributed by atoms with E-state index in [0.29, 0.717) is 23.2 Å². The number of hydrogen-bond donors (Lipinski definition) is 3. The number of hydrazine groups is 1. The van der Waals surface area contributed by atoms with Crippen LogP contribution in [0.3, 0.4) is 0 Å². The number of aromatic nitrogens is 2. The van der Waals surface area contributed by atoms with Gasteiger partial charge in [-0.15, -0.1) is 0 Å². The third-order valence-electron chi connectivity index (χ3n) is 5.80. The van der Waals surface area contributed by atoms with Crippen molar-refractivity contribution in [1.82, 2.24) is 26.1 Å². The first-order chi connectivity index (χ1) is 13.5. The summed E-state index contributed by atoms with van der Waals surface area (Å²) in [6.45, 7) is 3.79. The maximum Gasteiger partial charge on any atom is 0.270 e. The van der Waals surface area contributed by atoms with Crippen molar-refractivity contribution in [1.29, 1.82) is 5.26 Å². The molecule has 144 valence electrons. The normalized spacial score (nSPS) is 26.3. The summed E-state index contributed by atoms with van der Waals surface area (Å²) >= 11 is 0. The lowest BCUT2D eigenvalue weighted by molar-refractivity contribution is 0.0909. The van der Waals surface area contributed by atoms with E-state index in [0.717, 1.165) is 30.5 Å². The van der Waals surface area contributed by atoms with Crippen LogP contribution < -0.4 is 16.2 Å². The smallest absolute Gasteiger partial charge is 0.270 e. The lowest BCUT2D eigenvalue weighted by Gasteiger charge is -2.33. The van der Waals surface area contributed by atoms with Crippen LogP contribution in [-0.4, -0.2) is 28.0 Å². The van der Waals surface area contributed by atoms with Crippen LogP contribution >= 0.6 is 0 Å². The number of nitrogens with zero attached hydrogens (tertiary/aromatic N) is 3. The van der Waals surface area contributed by atoms with Gasteiger partial charge >= 0.3 is 0 Å². The van der Waals surface area contributed by atoms with E-state index in [9.17, 15) is 4.79 Å². The minimum atomic E-state index is -0.169. The lowest BCUT2D eigenvalue weighted by Crippen LogP contribution is -2.44. The molecule has 0 spiro atoms. The van der Waals surface area contributed by atoms with E-state index >= 15 is 0 Å². The van der Waals surface area contributed by atoms with Crippen molar-refractivity contribution >= 4 is 5.91 Å². The van der Waals surface area contributed by atoms with Crippen molar-refractivity contribution < 1.29 is 4.79 Å². The highest BCUT2D eigenvalue weighted by Crippen LogP contribution is 2.37. The number of hydrogen-bond acceptors (Lipinski definition) is 6. The van der Waals surface area contributed by atoms with Gasteiger partial charge in [-0.3, -0.25) is 15.2 Å². The summed E-state index contributed by atoms with van der Waals surface area (Å²) in [5, 5.41) is 12.1. The van der Waals surface area contributed by atoms with E-state index < -0.39 is 0 Å². The molecule has 4 atom stereocenters. The van der Waals surface area contributed by atoms with Crippen molar-refractivity contribution in [3.05, 3.63) is 58.7 Å². The van der Waals surface area contributed by atoms with Gasteiger partial charge in [0.15, 0.2) is 0 Å². The quantitative estimate of drug-likeness (QED) is 0.758. The van der Waals surface area contributed by atoms with E-state index in [-0.39, 0.29) is 18.0 Å². The summed E-state index contributed by atoms with van der Waals surface area (Å²) in [6.07, 6.45) is 6.20. The molecule has 0 radical (unpaired) electrons. The number of carbonyl (C=O) groups is 1. The molecule has 4 unspecified atom stereocenters. The Morgan fingerprint density at radius 2 is 2.07 bits per heavy atom. The molecule has 7 heteroatoms. The van der Waals surface area contributed by atoms with Crippen molar-refractivity contribution in [2.45, 2.75) is 51.2 Å². The van der Waals surface area contributed by atoms with Gasteiger partial charge < -0.3 is 5.32 Å². The van der Waals surface area contributed by atoms with Crippen LogP contribution in [-0.2, 0) is 0 Å². The Morgan fingerprint density at radius 1 is 1.21 bits per heavy atom. The minimum absolute atomic E-state index is 0.105. The van der Waals surface area contributed by atoms with Gasteiger partial charge in [0.25, 0.3) is 5.91 Å². The molecule has 1 amide bonds. The second-order valence-corrected chi connectivity index (χ2v) is 7.75. The zero-order valence-corrected chi connectivity index (χ0v) is 16.1. The molecule has 3 heterocycles. The molecule has 3 N–H and O–H groups in total. The third kappa shape index (κ3) is 3.61. The Labute approximate surface area is 164 Å². The lowest BCUT2D eigenvalue weighted by atomic mass is 9.77. The highest BCUT2D eigenvalue weighted by molar-refractivity contribution is 5.93. The zero-order chi connectivity index (χ0) is 19.7. The fraction of sp³-hybridized carbons (Fsp3) is 0.429. The predicted molar refractivity (Wildman–Crippen MR) is 104 cm³/mol. The molecule has 1 saturated heterocycles. The number of amides is 1. The van der Waals surface area contributed by atoms with Crippen molar-refractivity contribution in [2.24, 2.45) is 5.92 Å². The predicted octanol–water partition coefficient (Wildman–Crippen LogP) is 2.08. The standard InChI is InChI=1S/C21H24N6O/c1-12-7-14(9-22)10-24-19(12)21(28)25-16-5-6-18-17(8-16)20(27-26-18)15-4-3-13(2)23-11-15/h3-4,7,10-11,16-18,20,26-27H,5-6,8H2,1-2H3,(H,25,28). The second-order valence-electron chi connectivity index (χ2n) is 7.75. The number of rotatable bonds is 3. The van der Waals surface area contributed by atoms with Crippen molar-refractivity contribution in [3.8, 4) is 6.07 Å². The highest BCUT2D eigenvalue weighted by Gasteiger charge is 2.41. The molecule has 28 heavy (non-hydrogen) atoms. The SMILES string of the molecule is Cc1ccc(C2NNC3CCC(NC(=O)c4ncc(C#N)cc4C)CC32)cn1. The fourth-order valence-electron chi connectivity index (χ4n) is 4.31. The van der Waals surface area contributed by atoms with Crippen LogP contribution in [0.1, 0.15) is 58.2 Å². The van der Waals surface area contributed by atoms with Gasteiger partial charge in [0.05, 0.1) is 11.6 Å². The highest BCUT2D eigenvalue weighted by atomic mass is 16.1. The van der Waals surface area contributed by atoms with Gasteiger partial charge in [0.1, 0.15) is 11.8 Å². The summed E-state index contributed by atoms with van der Waals surface area (Å²) < 4.78 is 0. The minimum Gasteiger partial charge on any atom is -0.348 e. The molecule has 2 fully saturated rings. The fourth-order valence-corrected chi connectivity index (χ4v) is 4.31. The Hall–Kier alpha value is -2.82. The third-order valence-corrected chi connectivity index (χ3v) is 5.80. The number of aryl methyl sites for hydroxylation is 2. The molecule has 2 aliphatic rings. The zero-order valence-electron chi connectivity index (χ0n) is 16.1. The molecular weight excluding hydrogens is 352 g/mol. The number of carbonyl (C=O) groups excluding carboxylic acids is 1. The molecule has 1 aliphatic carbocycles. The van der Waals surface area contributed by atoms with E-state index in [1.54, 1.807) is 6.07 Å². The van der Waals surface area contributed by atoms with E-state index in [1.165, 1.54) is 11.8 Å². The Bertz CT molecular complexity index is 919. The van der Waals surface area contributed by atoms with Crippen LogP contribution in [0.25, 0.3) is 0 Å². The molecule has 2 aromatic rings. The maximum atomic E-state index is 12.7. The summed E-state index contributed by atoms with van der Waals surface area (Å²) in [7, 11) is 0. The molecule has 2 aromatic heterocycles. The largest absolute Gasteiger partial charge is 0.348 e. The second kappa shape index (κ2) is 7.66. The van der Waals surface area contributed by atoms with Gasteiger partial charge in [0, 0.05) is 30.2 Å². The Kier molecular flexibility index (Phi) is 5.07. The van der Waals surface area contributed by atoms with Gasteiger partial charge in [-0.05, 0) is 62.3 Å². The molecule has 0 bridgehead atoms. The van der Waals surface area contributed by atoms with Gasteiger partial charge in [-0.25, -0.2) is 10.4 Å². The van der Waals surface area contributed by atoms with Crippen molar-refractivity contribution in [2.75, 3.05) is 0 Å². The van der Waals surface area contributed by atoms with E-state index in [4.69, 9.17) is 5.26 Å². The number of nitriles is 1. The summed E-state index contributed by atoms with van der Waals surface area (Å²) in [4.78, 5) is 21.3. The summed E-state index contributed by atoms with van der Waals surface area (Å²) in [5.74, 6) is 0.219. The number of nitrogens with one attached hydrogen (secondary N) is 3. The number of fused-ring (bicyclic) bond motifs is 1. The maximum absolute atomic E-state index is 12.7. The summed E-state index contributed by atoms with van der Waals surface area (Å²) in [6, 6.07) is 8.59. The molecule has 1 saturated carbocycles. The Balaban J connectivity index is 1.45. The first-order valence-electron chi connectivity index (χ1n) is 9.66. The van der Waals surface area contributed by atoms with Crippen molar-refractivity contribution in [3.63, 3.8) is 0 Å². The van der Waals surface area contributed by atoms with Gasteiger partial charge in [-0.2, -0.15) is 5.26 Å². The molecular formula is C21H24N6O. The average Bonchev–Trinajstić information content (AvgIpc) is 3.11. The molecule has 1 aliphatic heterocycles. The molecule has 7 nitrogen and oxygen atoms in total.